The summed E-state index contributed by atoms with van der Waals surface area (Å²) in [5.74, 6) is -0.439. The highest BCUT2D eigenvalue weighted by atomic mass is 35.5. The topological polar surface area (TPSA) is 17.1 Å². The van der Waals surface area contributed by atoms with E-state index in [1.54, 1.807) is 6.07 Å². The first-order valence-electron chi connectivity index (χ1n) is 5.09. The van der Waals surface area contributed by atoms with E-state index < -0.39 is 5.82 Å². The van der Waals surface area contributed by atoms with Gasteiger partial charge in [-0.3, -0.25) is 4.79 Å². The first kappa shape index (κ1) is 12.9. The van der Waals surface area contributed by atoms with Crippen molar-refractivity contribution < 1.29 is 9.18 Å². The first-order chi connectivity index (χ1) is 7.50. The number of allylic oxidation sites excluding steroid dienone is 1. The van der Waals surface area contributed by atoms with Gasteiger partial charge in [0.15, 0.2) is 0 Å². The maximum atomic E-state index is 13.4. The van der Waals surface area contributed by atoms with Crippen LogP contribution in [0.1, 0.15) is 25.3 Å². The van der Waals surface area contributed by atoms with Crippen LogP contribution < -0.4 is 0 Å². The molecule has 1 aromatic rings. The second-order valence-electron chi connectivity index (χ2n) is 3.87. The standard InChI is InChI=1S/C13H14ClFO/c1-9(2)6-7-10(16)8-11-12(14)4-3-5-13(11)15/h3-5H,1,6-8H2,2H3. The smallest absolute Gasteiger partial charge is 0.137 e. The zero-order valence-electron chi connectivity index (χ0n) is 9.22. The van der Waals surface area contributed by atoms with E-state index in [1.165, 1.54) is 12.1 Å². The van der Waals surface area contributed by atoms with Gasteiger partial charge < -0.3 is 0 Å². The summed E-state index contributed by atoms with van der Waals surface area (Å²) in [6.07, 6.45) is 1.09. The third-order valence-corrected chi connectivity index (χ3v) is 2.62. The van der Waals surface area contributed by atoms with Gasteiger partial charge in [0.2, 0.25) is 0 Å². The predicted octanol–water partition coefficient (Wildman–Crippen LogP) is 3.95. The Bertz CT molecular complexity index is 392. The molecule has 1 nitrogen and oxygen atoms in total. The Hall–Kier alpha value is -1.15. The Morgan fingerprint density at radius 3 is 2.69 bits per heavy atom. The molecule has 0 atom stereocenters. The highest BCUT2D eigenvalue weighted by molar-refractivity contribution is 6.31. The first-order valence-corrected chi connectivity index (χ1v) is 5.47. The maximum absolute atomic E-state index is 13.4. The largest absolute Gasteiger partial charge is 0.299 e. The lowest BCUT2D eigenvalue weighted by molar-refractivity contribution is -0.118. The number of benzene rings is 1. The number of hydrogen-bond acceptors (Lipinski definition) is 1. The molecule has 0 saturated heterocycles. The molecule has 0 heterocycles. The van der Waals surface area contributed by atoms with E-state index in [2.05, 4.69) is 6.58 Å². The Balaban J connectivity index is 2.66. The van der Waals surface area contributed by atoms with E-state index in [9.17, 15) is 9.18 Å². The van der Waals surface area contributed by atoms with Crippen LogP contribution in [-0.2, 0) is 11.2 Å². The molecule has 0 aliphatic rings. The molecule has 0 amide bonds. The molecule has 0 aromatic heterocycles. The van der Waals surface area contributed by atoms with Crippen molar-refractivity contribution in [1.82, 2.24) is 0 Å². The number of hydrogen-bond donors (Lipinski definition) is 0. The van der Waals surface area contributed by atoms with Crippen LogP contribution in [0.3, 0.4) is 0 Å². The molecule has 0 aliphatic carbocycles. The van der Waals surface area contributed by atoms with Crippen molar-refractivity contribution in [2.75, 3.05) is 0 Å². The van der Waals surface area contributed by atoms with Crippen LogP contribution >= 0.6 is 11.6 Å². The molecule has 86 valence electrons. The van der Waals surface area contributed by atoms with Gasteiger partial charge in [0, 0.05) is 23.4 Å². The Morgan fingerprint density at radius 1 is 1.44 bits per heavy atom. The fraction of sp³-hybridized carbons (Fsp3) is 0.308. The van der Waals surface area contributed by atoms with Crippen LogP contribution in [0.5, 0.6) is 0 Å². The summed E-state index contributed by atoms with van der Waals surface area (Å²) < 4.78 is 13.4. The van der Waals surface area contributed by atoms with Gasteiger partial charge in [-0.2, -0.15) is 0 Å². The van der Waals surface area contributed by atoms with E-state index >= 15 is 0 Å². The fourth-order valence-electron chi connectivity index (χ4n) is 1.34. The average Bonchev–Trinajstić information content (AvgIpc) is 2.21. The summed E-state index contributed by atoms with van der Waals surface area (Å²) in [6.45, 7) is 5.58. The molecule has 1 aromatic carbocycles. The minimum Gasteiger partial charge on any atom is -0.299 e. The highest BCUT2D eigenvalue weighted by Crippen LogP contribution is 2.20. The van der Waals surface area contributed by atoms with Gasteiger partial charge in [-0.25, -0.2) is 4.39 Å². The molecule has 16 heavy (non-hydrogen) atoms. The van der Waals surface area contributed by atoms with E-state index in [0.717, 1.165) is 5.57 Å². The number of Topliss-reactive ketones (excluding diaryl/α,β-unsaturated/α-hetero) is 1. The Morgan fingerprint density at radius 2 is 2.12 bits per heavy atom. The molecule has 3 heteroatoms. The van der Waals surface area contributed by atoms with Gasteiger partial charge >= 0.3 is 0 Å². The minimum atomic E-state index is -0.420. The van der Waals surface area contributed by atoms with E-state index in [0.29, 0.717) is 17.9 Å². The number of carbonyl (C=O) groups excluding carboxylic acids is 1. The van der Waals surface area contributed by atoms with Crippen LogP contribution in [0.4, 0.5) is 4.39 Å². The quantitative estimate of drug-likeness (QED) is 0.713. The van der Waals surface area contributed by atoms with Gasteiger partial charge in [-0.05, 0) is 25.5 Å². The van der Waals surface area contributed by atoms with Crippen molar-refractivity contribution in [3.05, 3.63) is 46.8 Å². The van der Waals surface area contributed by atoms with Crippen molar-refractivity contribution in [2.24, 2.45) is 0 Å². The molecular formula is C13H14ClFO. The average molecular weight is 241 g/mol. The number of carbonyl (C=O) groups is 1. The monoisotopic (exact) mass is 240 g/mol. The van der Waals surface area contributed by atoms with Crippen molar-refractivity contribution in [2.45, 2.75) is 26.2 Å². The summed E-state index contributed by atoms with van der Waals surface area (Å²) in [4.78, 5) is 11.6. The fourth-order valence-corrected chi connectivity index (χ4v) is 1.57. The summed E-state index contributed by atoms with van der Waals surface area (Å²) >= 11 is 5.83. The van der Waals surface area contributed by atoms with E-state index in [-0.39, 0.29) is 17.8 Å². The highest BCUT2D eigenvalue weighted by Gasteiger charge is 2.11. The molecule has 0 bridgehead atoms. The molecule has 0 fully saturated rings. The Kier molecular flexibility index (Phi) is 4.69. The van der Waals surface area contributed by atoms with Gasteiger partial charge in [-0.15, -0.1) is 6.58 Å². The molecule has 0 N–H and O–H groups in total. The van der Waals surface area contributed by atoms with Crippen LogP contribution in [-0.4, -0.2) is 5.78 Å². The van der Waals surface area contributed by atoms with Crippen molar-refractivity contribution in [1.29, 1.82) is 0 Å². The molecule has 0 saturated carbocycles. The summed E-state index contributed by atoms with van der Waals surface area (Å²) in [5.41, 5.74) is 1.24. The number of rotatable bonds is 5. The minimum absolute atomic E-state index is 0.0185. The van der Waals surface area contributed by atoms with Crippen molar-refractivity contribution in [3.8, 4) is 0 Å². The van der Waals surface area contributed by atoms with Crippen LogP contribution in [0.2, 0.25) is 5.02 Å². The van der Waals surface area contributed by atoms with Crippen LogP contribution in [0.25, 0.3) is 0 Å². The lowest BCUT2D eigenvalue weighted by Gasteiger charge is -2.05. The molecular weight excluding hydrogens is 227 g/mol. The third-order valence-electron chi connectivity index (χ3n) is 2.27. The summed E-state index contributed by atoms with van der Waals surface area (Å²) in [5, 5.41) is 0.309. The van der Waals surface area contributed by atoms with Gasteiger partial charge in [0.25, 0.3) is 0 Å². The van der Waals surface area contributed by atoms with Crippen molar-refractivity contribution in [3.63, 3.8) is 0 Å². The molecule has 1 rings (SSSR count). The summed E-state index contributed by atoms with van der Waals surface area (Å²) in [6, 6.07) is 4.43. The Labute approximate surface area is 99.9 Å². The molecule has 0 radical (unpaired) electrons. The number of ketones is 1. The maximum Gasteiger partial charge on any atom is 0.137 e. The van der Waals surface area contributed by atoms with Crippen molar-refractivity contribution >= 4 is 17.4 Å². The molecule has 0 spiro atoms. The third kappa shape index (κ3) is 3.78. The van der Waals surface area contributed by atoms with Gasteiger partial charge in [0.05, 0.1) is 0 Å². The SMILES string of the molecule is C=C(C)CCC(=O)Cc1c(F)cccc1Cl. The molecule has 0 aliphatic heterocycles. The van der Waals surface area contributed by atoms with Gasteiger partial charge in [0.1, 0.15) is 11.6 Å². The van der Waals surface area contributed by atoms with Crippen LogP contribution in [0, 0.1) is 5.82 Å². The normalized spacial score (nSPS) is 10.2. The zero-order chi connectivity index (χ0) is 12.1. The van der Waals surface area contributed by atoms with E-state index in [1.807, 2.05) is 6.92 Å². The molecule has 0 unspecified atom stereocenters. The zero-order valence-corrected chi connectivity index (χ0v) is 9.98. The second-order valence-corrected chi connectivity index (χ2v) is 4.28. The van der Waals surface area contributed by atoms with E-state index in [4.69, 9.17) is 11.6 Å². The predicted molar refractivity (Wildman–Crippen MR) is 64.2 cm³/mol. The lowest BCUT2D eigenvalue weighted by atomic mass is 10.0. The lowest BCUT2D eigenvalue weighted by Crippen LogP contribution is -2.05. The van der Waals surface area contributed by atoms with Crippen LogP contribution in [0.15, 0.2) is 30.4 Å². The number of halogens is 2. The second kappa shape index (κ2) is 5.80. The van der Waals surface area contributed by atoms with Gasteiger partial charge in [-0.1, -0.05) is 23.2 Å². The summed E-state index contributed by atoms with van der Waals surface area (Å²) in [7, 11) is 0.